The second kappa shape index (κ2) is 5.29. The zero-order valence-electron chi connectivity index (χ0n) is 11.1. The van der Waals surface area contributed by atoms with Crippen LogP contribution in [-0.4, -0.2) is 23.8 Å². The van der Waals surface area contributed by atoms with E-state index in [-0.39, 0.29) is 34.7 Å². The summed E-state index contributed by atoms with van der Waals surface area (Å²) in [5, 5.41) is 9.81. The van der Waals surface area contributed by atoms with Crippen molar-refractivity contribution in [3.8, 4) is 11.5 Å². The molecule has 1 fully saturated rings. The van der Waals surface area contributed by atoms with Crippen LogP contribution in [0, 0.1) is 5.92 Å². The summed E-state index contributed by atoms with van der Waals surface area (Å²) in [5.74, 6) is 0.213. The van der Waals surface area contributed by atoms with Crippen molar-refractivity contribution in [1.29, 1.82) is 0 Å². The molecule has 104 valence electrons. The number of phenolic OH excluding ortho intramolecular Hbond substituents is 1. The number of aromatic hydroxyl groups is 1. The lowest BCUT2D eigenvalue weighted by Gasteiger charge is -2.09. The first-order valence-corrected chi connectivity index (χ1v) is 6.87. The predicted molar refractivity (Wildman–Crippen MR) is 71.7 cm³/mol. The molecule has 0 saturated heterocycles. The number of hydrogen-bond donors (Lipinski definition) is 1. The van der Waals surface area contributed by atoms with Crippen LogP contribution in [0.4, 0.5) is 0 Å². The second-order valence-corrected chi connectivity index (χ2v) is 4.63. The van der Waals surface area contributed by atoms with Crippen molar-refractivity contribution in [1.82, 2.24) is 0 Å². The molecule has 19 heavy (non-hydrogen) atoms. The van der Waals surface area contributed by atoms with Crippen molar-refractivity contribution in [3.05, 3.63) is 22.7 Å². The molecule has 1 heterocycles. The molecule has 1 saturated carbocycles. The molecule has 3 unspecified atom stereocenters. The molecule has 0 amide bonds. The van der Waals surface area contributed by atoms with E-state index in [2.05, 4.69) is 0 Å². The molecule has 3 atom stereocenters. The van der Waals surface area contributed by atoms with E-state index in [4.69, 9.17) is 21.1 Å². The van der Waals surface area contributed by atoms with Crippen molar-refractivity contribution in [2.24, 2.45) is 5.92 Å². The molecule has 1 aliphatic heterocycles. The Morgan fingerprint density at radius 2 is 2.16 bits per heavy atom. The number of esters is 1. The van der Waals surface area contributed by atoms with Crippen molar-refractivity contribution >= 4 is 17.6 Å². The van der Waals surface area contributed by atoms with Crippen molar-refractivity contribution < 1.29 is 19.4 Å². The standard InChI is InChI=1S/C12H11ClO4.C2H6/c1-2-16-12(15)10-9-5-3-7(14)6(13)4-8(5)17-11(9)10;1-2/h3-4,9-11,14H,2H2,1H3;1-2H3. The van der Waals surface area contributed by atoms with Gasteiger partial charge in [-0.3, -0.25) is 4.79 Å². The van der Waals surface area contributed by atoms with E-state index in [0.717, 1.165) is 5.56 Å². The largest absolute Gasteiger partial charge is 0.506 e. The summed E-state index contributed by atoms with van der Waals surface area (Å²) in [4.78, 5) is 11.6. The fourth-order valence-corrected chi connectivity index (χ4v) is 2.54. The molecule has 1 aliphatic carbocycles. The zero-order valence-corrected chi connectivity index (χ0v) is 11.9. The second-order valence-electron chi connectivity index (χ2n) is 4.23. The highest BCUT2D eigenvalue weighted by molar-refractivity contribution is 6.32. The van der Waals surface area contributed by atoms with Crippen LogP contribution in [0.5, 0.6) is 11.5 Å². The number of rotatable bonds is 2. The minimum absolute atomic E-state index is 0.00668. The van der Waals surface area contributed by atoms with E-state index in [0.29, 0.717) is 12.4 Å². The maximum absolute atomic E-state index is 11.6. The molecular formula is C14H17ClO4. The molecule has 2 aliphatic rings. The van der Waals surface area contributed by atoms with Gasteiger partial charge in [0, 0.05) is 17.5 Å². The Balaban J connectivity index is 0.000000637. The number of fused-ring (bicyclic) bond motifs is 3. The first kappa shape index (κ1) is 14.0. The highest BCUT2D eigenvalue weighted by atomic mass is 35.5. The van der Waals surface area contributed by atoms with E-state index in [1.807, 2.05) is 13.8 Å². The summed E-state index contributed by atoms with van der Waals surface area (Å²) in [6, 6.07) is 3.15. The molecule has 1 N–H and O–H groups in total. The van der Waals surface area contributed by atoms with Crippen LogP contribution < -0.4 is 4.74 Å². The first-order chi connectivity index (χ1) is 9.13. The van der Waals surface area contributed by atoms with Crippen LogP contribution in [0.3, 0.4) is 0 Å². The number of carbonyl (C=O) groups is 1. The summed E-state index contributed by atoms with van der Waals surface area (Å²) >= 11 is 5.78. The van der Waals surface area contributed by atoms with Crippen LogP contribution in [0.2, 0.25) is 5.02 Å². The van der Waals surface area contributed by atoms with E-state index < -0.39 is 0 Å². The van der Waals surface area contributed by atoms with E-state index in [1.54, 1.807) is 19.1 Å². The van der Waals surface area contributed by atoms with Gasteiger partial charge in [0.2, 0.25) is 0 Å². The lowest BCUT2D eigenvalue weighted by Crippen LogP contribution is -2.13. The lowest BCUT2D eigenvalue weighted by molar-refractivity contribution is -0.145. The summed E-state index contributed by atoms with van der Waals surface area (Å²) in [6.45, 7) is 6.14. The number of hydrogen-bond acceptors (Lipinski definition) is 4. The Bertz CT molecular complexity index is 500. The van der Waals surface area contributed by atoms with Gasteiger partial charge < -0.3 is 14.6 Å². The fourth-order valence-electron chi connectivity index (χ4n) is 2.39. The smallest absolute Gasteiger partial charge is 0.313 e. The number of carbonyl (C=O) groups excluding carboxylic acids is 1. The van der Waals surface area contributed by atoms with Crippen LogP contribution in [-0.2, 0) is 9.53 Å². The Labute approximate surface area is 117 Å². The Hall–Kier alpha value is -1.42. The van der Waals surface area contributed by atoms with Crippen molar-refractivity contribution in [2.75, 3.05) is 6.61 Å². The summed E-state index contributed by atoms with van der Waals surface area (Å²) in [7, 11) is 0. The van der Waals surface area contributed by atoms with Crippen LogP contribution in [0.1, 0.15) is 32.3 Å². The van der Waals surface area contributed by atoms with Gasteiger partial charge in [-0.15, -0.1) is 0 Å². The average molecular weight is 285 g/mol. The van der Waals surface area contributed by atoms with Crippen LogP contribution >= 0.6 is 11.6 Å². The molecule has 5 heteroatoms. The highest BCUT2D eigenvalue weighted by Crippen LogP contribution is 2.59. The maximum atomic E-state index is 11.6. The van der Waals surface area contributed by atoms with Crippen molar-refractivity contribution in [2.45, 2.75) is 32.8 Å². The van der Waals surface area contributed by atoms with Gasteiger partial charge in [-0.2, -0.15) is 0 Å². The third-order valence-electron chi connectivity index (χ3n) is 3.21. The quantitative estimate of drug-likeness (QED) is 0.848. The van der Waals surface area contributed by atoms with Gasteiger partial charge in [-0.25, -0.2) is 0 Å². The maximum Gasteiger partial charge on any atom is 0.313 e. The Morgan fingerprint density at radius 1 is 1.47 bits per heavy atom. The molecule has 1 aromatic rings. The minimum Gasteiger partial charge on any atom is -0.506 e. The van der Waals surface area contributed by atoms with Gasteiger partial charge >= 0.3 is 5.97 Å². The molecular weight excluding hydrogens is 268 g/mol. The van der Waals surface area contributed by atoms with Crippen molar-refractivity contribution in [3.63, 3.8) is 0 Å². The molecule has 0 radical (unpaired) electrons. The monoisotopic (exact) mass is 284 g/mol. The molecule has 3 rings (SSSR count). The minimum atomic E-state index is -0.234. The third-order valence-corrected chi connectivity index (χ3v) is 3.52. The van der Waals surface area contributed by atoms with Gasteiger partial charge in [0.25, 0.3) is 0 Å². The number of phenols is 1. The number of ether oxygens (including phenoxy) is 2. The summed E-state index contributed by atoms with van der Waals surface area (Å²) < 4.78 is 10.6. The normalized spacial score (nSPS) is 25.4. The first-order valence-electron chi connectivity index (χ1n) is 6.49. The number of halogens is 1. The Kier molecular flexibility index (Phi) is 3.90. The summed E-state index contributed by atoms with van der Waals surface area (Å²) in [5.41, 5.74) is 0.843. The van der Waals surface area contributed by atoms with Gasteiger partial charge in [0.05, 0.1) is 11.6 Å². The van der Waals surface area contributed by atoms with Gasteiger partial charge in [-0.1, -0.05) is 25.4 Å². The van der Waals surface area contributed by atoms with Crippen LogP contribution in [0.15, 0.2) is 12.1 Å². The topological polar surface area (TPSA) is 55.8 Å². The SMILES string of the molecule is CC.CCOC(=O)C1C2Oc3cc(Cl)c(O)cc3C21. The lowest BCUT2D eigenvalue weighted by atomic mass is 10.1. The fraction of sp³-hybridized carbons (Fsp3) is 0.500. The average Bonchev–Trinajstić information content (AvgIpc) is 3.00. The van der Waals surface area contributed by atoms with E-state index in [1.165, 1.54) is 0 Å². The van der Waals surface area contributed by atoms with Gasteiger partial charge in [0.1, 0.15) is 23.5 Å². The summed E-state index contributed by atoms with van der Waals surface area (Å²) in [6.07, 6.45) is -0.151. The molecule has 0 aromatic heterocycles. The van der Waals surface area contributed by atoms with Crippen LogP contribution in [0.25, 0.3) is 0 Å². The third kappa shape index (κ3) is 2.25. The number of benzene rings is 1. The predicted octanol–water partition coefficient (Wildman–Crippen LogP) is 3.11. The Morgan fingerprint density at radius 3 is 2.79 bits per heavy atom. The van der Waals surface area contributed by atoms with E-state index in [9.17, 15) is 9.90 Å². The zero-order chi connectivity index (χ0) is 14.2. The van der Waals surface area contributed by atoms with Gasteiger partial charge in [0.15, 0.2) is 0 Å². The molecule has 0 bridgehead atoms. The highest BCUT2D eigenvalue weighted by Gasteiger charge is 2.63. The molecule has 1 aromatic carbocycles. The van der Waals surface area contributed by atoms with E-state index >= 15 is 0 Å². The molecule has 4 nitrogen and oxygen atoms in total. The van der Waals surface area contributed by atoms with Gasteiger partial charge in [-0.05, 0) is 13.0 Å². The molecule has 0 spiro atoms.